The van der Waals surface area contributed by atoms with Crippen molar-refractivity contribution in [3.05, 3.63) is 85.6 Å². The SMILES string of the molecule is O=C(N=c1sccn1Cc1cccc(C(=O)N2CCOCC2)c1)c1ccc(Cl)cc1Cl. The molecule has 1 fully saturated rings. The van der Waals surface area contributed by atoms with Crippen LogP contribution in [-0.2, 0) is 11.3 Å². The van der Waals surface area contributed by atoms with Crippen LogP contribution in [0.4, 0.5) is 0 Å². The quantitative estimate of drug-likeness (QED) is 0.569. The van der Waals surface area contributed by atoms with Crippen molar-refractivity contribution in [3.8, 4) is 0 Å². The second-order valence-electron chi connectivity index (χ2n) is 6.96. The van der Waals surface area contributed by atoms with Crippen LogP contribution in [0.3, 0.4) is 0 Å². The summed E-state index contributed by atoms with van der Waals surface area (Å²) in [6, 6.07) is 12.2. The second kappa shape index (κ2) is 9.78. The molecule has 0 spiro atoms. The maximum absolute atomic E-state index is 12.8. The van der Waals surface area contributed by atoms with E-state index >= 15 is 0 Å². The Morgan fingerprint density at radius 3 is 2.68 bits per heavy atom. The monoisotopic (exact) mass is 475 g/mol. The van der Waals surface area contributed by atoms with E-state index in [1.165, 1.54) is 17.4 Å². The van der Waals surface area contributed by atoms with Crippen LogP contribution in [0.25, 0.3) is 0 Å². The number of ether oxygens (including phenoxy) is 1. The molecule has 0 unspecified atom stereocenters. The molecule has 0 atom stereocenters. The van der Waals surface area contributed by atoms with Gasteiger partial charge in [-0.25, -0.2) is 0 Å². The number of amides is 2. The van der Waals surface area contributed by atoms with Gasteiger partial charge in [-0.1, -0.05) is 35.3 Å². The lowest BCUT2D eigenvalue weighted by Gasteiger charge is -2.27. The molecule has 1 aliphatic heterocycles. The van der Waals surface area contributed by atoms with Crippen molar-refractivity contribution in [2.75, 3.05) is 26.3 Å². The average molecular weight is 476 g/mol. The minimum Gasteiger partial charge on any atom is -0.378 e. The third-order valence-corrected chi connectivity index (χ3v) is 6.19. The topological polar surface area (TPSA) is 63.9 Å². The van der Waals surface area contributed by atoms with Gasteiger partial charge in [0.1, 0.15) is 0 Å². The van der Waals surface area contributed by atoms with Crippen LogP contribution in [-0.4, -0.2) is 47.6 Å². The Labute approximate surface area is 193 Å². The van der Waals surface area contributed by atoms with Gasteiger partial charge in [0.25, 0.3) is 11.8 Å². The molecule has 9 heteroatoms. The highest BCUT2D eigenvalue weighted by molar-refractivity contribution is 7.07. The molecule has 0 N–H and O–H groups in total. The zero-order valence-electron chi connectivity index (χ0n) is 16.5. The fourth-order valence-electron chi connectivity index (χ4n) is 3.27. The molecule has 2 heterocycles. The van der Waals surface area contributed by atoms with Crippen molar-refractivity contribution >= 4 is 46.4 Å². The predicted molar refractivity (Wildman–Crippen MR) is 121 cm³/mol. The van der Waals surface area contributed by atoms with E-state index in [2.05, 4.69) is 4.99 Å². The largest absolute Gasteiger partial charge is 0.378 e. The van der Waals surface area contributed by atoms with Crippen molar-refractivity contribution in [3.63, 3.8) is 0 Å². The molecular weight excluding hydrogens is 457 g/mol. The highest BCUT2D eigenvalue weighted by atomic mass is 35.5. The molecule has 0 radical (unpaired) electrons. The molecule has 2 aromatic carbocycles. The van der Waals surface area contributed by atoms with Gasteiger partial charge in [-0.15, -0.1) is 11.3 Å². The molecule has 31 heavy (non-hydrogen) atoms. The van der Waals surface area contributed by atoms with Gasteiger partial charge >= 0.3 is 0 Å². The Kier molecular flexibility index (Phi) is 6.87. The molecule has 1 aliphatic rings. The highest BCUT2D eigenvalue weighted by Crippen LogP contribution is 2.21. The Morgan fingerprint density at radius 2 is 1.90 bits per heavy atom. The summed E-state index contributed by atoms with van der Waals surface area (Å²) < 4.78 is 7.19. The maximum Gasteiger partial charge on any atom is 0.281 e. The number of hydrogen-bond donors (Lipinski definition) is 0. The van der Waals surface area contributed by atoms with Gasteiger partial charge in [0, 0.05) is 41.8 Å². The summed E-state index contributed by atoms with van der Waals surface area (Å²) in [4.78, 5) is 31.9. The summed E-state index contributed by atoms with van der Waals surface area (Å²) in [6.07, 6.45) is 1.86. The summed E-state index contributed by atoms with van der Waals surface area (Å²) in [5, 5.41) is 2.58. The van der Waals surface area contributed by atoms with E-state index in [1.54, 1.807) is 17.0 Å². The van der Waals surface area contributed by atoms with Crippen molar-refractivity contribution in [1.82, 2.24) is 9.47 Å². The van der Waals surface area contributed by atoms with Gasteiger partial charge < -0.3 is 14.2 Å². The molecule has 1 saturated heterocycles. The number of morpholine rings is 1. The molecule has 0 aliphatic carbocycles. The van der Waals surface area contributed by atoms with Gasteiger partial charge in [-0.05, 0) is 35.9 Å². The normalized spacial score (nSPS) is 14.6. The van der Waals surface area contributed by atoms with Crippen molar-refractivity contribution < 1.29 is 14.3 Å². The standard InChI is InChI=1S/C22H19Cl2N3O3S/c23-17-4-5-18(19(24)13-17)20(28)25-22-27(8-11-31-22)14-15-2-1-3-16(12-15)21(29)26-6-9-30-10-7-26/h1-5,8,11-13H,6-7,9-10,14H2. The molecule has 3 aromatic rings. The van der Waals surface area contributed by atoms with E-state index in [4.69, 9.17) is 27.9 Å². The zero-order chi connectivity index (χ0) is 21.8. The van der Waals surface area contributed by atoms with Gasteiger partial charge in [0.05, 0.1) is 23.8 Å². The number of nitrogens with zero attached hydrogens (tertiary/aromatic N) is 3. The Bertz CT molecular complexity index is 1180. The number of halogens is 2. The molecule has 160 valence electrons. The van der Waals surface area contributed by atoms with Crippen LogP contribution in [0.1, 0.15) is 26.3 Å². The number of benzene rings is 2. The van der Waals surface area contributed by atoms with Crippen molar-refractivity contribution in [2.45, 2.75) is 6.54 Å². The van der Waals surface area contributed by atoms with Crippen LogP contribution in [0.15, 0.2) is 59.0 Å². The van der Waals surface area contributed by atoms with Crippen molar-refractivity contribution in [1.29, 1.82) is 0 Å². The zero-order valence-corrected chi connectivity index (χ0v) is 18.8. The number of hydrogen-bond acceptors (Lipinski definition) is 4. The Morgan fingerprint density at radius 1 is 1.10 bits per heavy atom. The minimum absolute atomic E-state index is 0.00191. The fraction of sp³-hybridized carbons (Fsp3) is 0.227. The van der Waals surface area contributed by atoms with Gasteiger partial charge in [-0.3, -0.25) is 9.59 Å². The third-order valence-electron chi connectivity index (χ3n) is 4.84. The predicted octanol–water partition coefficient (Wildman–Crippen LogP) is 4.12. The first-order valence-electron chi connectivity index (χ1n) is 9.65. The van der Waals surface area contributed by atoms with Crippen molar-refractivity contribution in [2.24, 2.45) is 4.99 Å². The summed E-state index contributed by atoms with van der Waals surface area (Å²) in [5.41, 5.74) is 1.87. The second-order valence-corrected chi connectivity index (χ2v) is 8.68. The van der Waals surface area contributed by atoms with E-state index in [1.807, 2.05) is 40.4 Å². The van der Waals surface area contributed by atoms with Crippen LogP contribution in [0.5, 0.6) is 0 Å². The summed E-state index contributed by atoms with van der Waals surface area (Å²) in [5.74, 6) is -0.438. The van der Waals surface area contributed by atoms with Crippen LogP contribution in [0.2, 0.25) is 10.0 Å². The first kappa shape index (κ1) is 21.8. The van der Waals surface area contributed by atoms with E-state index in [0.29, 0.717) is 53.8 Å². The third kappa shape index (κ3) is 5.25. The summed E-state index contributed by atoms with van der Waals surface area (Å²) >= 11 is 13.4. The molecule has 0 bridgehead atoms. The number of aromatic nitrogens is 1. The number of carbonyl (C=O) groups excluding carboxylic acids is 2. The van der Waals surface area contributed by atoms with Gasteiger partial charge in [0.2, 0.25) is 0 Å². The van der Waals surface area contributed by atoms with Crippen LogP contribution in [0, 0.1) is 0 Å². The molecular formula is C22H19Cl2N3O3S. The first-order valence-corrected chi connectivity index (χ1v) is 11.3. The smallest absolute Gasteiger partial charge is 0.281 e. The maximum atomic E-state index is 12.8. The van der Waals surface area contributed by atoms with Gasteiger partial charge in [0.15, 0.2) is 4.80 Å². The fourth-order valence-corrected chi connectivity index (χ4v) is 4.48. The van der Waals surface area contributed by atoms with E-state index in [-0.39, 0.29) is 10.9 Å². The average Bonchev–Trinajstić information content (AvgIpc) is 3.20. The summed E-state index contributed by atoms with van der Waals surface area (Å²) in [6.45, 7) is 2.80. The number of rotatable bonds is 4. The van der Waals surface area contributed by atoms with Crippen LogP contribution < -0.4 is 4.80 Å². The Balaban J connectivity index is 1.55. The van der Waals surface area contributed by atoms with E-state index in [9.17, 15) is 9.59 Å². The molecule has 6 nitrogen and oxygen atoms in total. The van der Waals surface area contributed by atoms with Gasteiger partial charge in [-0.2, -0.15) is 4.99 Å². The molecule has 2 amide bonds. The Hall–Kier alpha value is -2.45. The van der Waals surface area contributed by atoms with E-state index in [0.717, 1.165) is 5.56 Å². The van der Waals surface area contributed by atoms with Crippen LogP contribution >= 0.6 is 34.5 Å². The lowest BCUT2D eigenvalue weighted by molar-refractivity contribution is 0.0303. The molecule has 0 saturated carbocycles. The number of carbonyl (C=O) groups is 2. The first-order chi connectivity index (χ1) is 15.0. The minimum atomic E-state index is -0.436. The molecule has 1 aromatic heterocycles. The summed E-state index contributed by atoms with van der Waals surface area (Å²) in [7, 11) is 0. The lowest BCUT2D eigenvalue weighted by atomic mass is 10.1. The molecule has 4 rings (SSSR count). The lowest BCUT2D eigenvalue weighted by Crippen LogP contribution is -2.40. The number of thiazole rings is 1. The highest BCUT2D eigenvalue weighted by Gasteiger charge is 2.18. The van der Waals surface area contributed by atoms with E-state index < -0.39 is 5.91 Å².